The van der Waals surface area contributed by atoms with Gasteiger partial charge < -0.3 is 11.1 Å². The Hall–Kier alpha value is -1.16. The van der Waals surface area contributed by atoms with E-state index in [4.69, 9.17) is 5.73 Å². The maximum Gasteiger partial charge on any atom is 0.0449 e. The summed E-state index contributed by atoms with van der Waals surface area (Å²) in [5, 5.41) is 3.58. The van der Waals surface area contributed by atoms with Crippen molar-refractivity contribution in [1.82, 2.24) is 5.32 Å². The van der Waals surface area contributed by atoms with Gasteiger partial charge in [0.15, 0.2) is 0 Å². The molecule has 0 bridgehead atoms. The summed E-state index contributed by atoms with van der Waals surface area (Å²) in [6, 6.07) is 19.1. The first kappa shape index (κ1) is 14.3. The van der Waals surface area contributed by atoms with E-state index in [9.17, 15) is 0 Å². The van der Waals surface area contributed by atoms with Gasteiger partial charge >= 0.3 is 0 Å². The molecule has 0 saturated heterocycles. The van der Waals surface area contributed by atoms with Crippen LogP contribution in [0.5, 0.6) is 0 Å². The molecule has 0 spiro atoms. The van der Waals surface area contributed by atoms with Crippen molar-refractivity contribution in [3.63, 3.8) is 0 Å². The molecule has 2 atom stereocenters. The topological polar surface area (TPSA) is 38.0 Å². The fourth-order valence-corrected chi connectivity index (χ4v) is 2.58. The van der Waals surface area contributed by atoms with E-state index in [1.807, 2.05) is 18.2 Å². The van der Waals surface area contributed by atoms with Gasteiger partial charge in [0, 0.05) is 23.1 Å². The molecule has 0 aliphatic rings. The average molecular weight is 319 g/mol. The van der Waals surface area contributed by atoms with Crippen molar-refractivity contribution in [2.45, 2.75) is 19.0 Å². The Balaban J connectivity index is 2.11. The van der Waals surface area contributed by atoms with E-state index in [0.29, 0.717) is 6.54 Å². The van der Waals surface area contributed by atoms with E-state index >= 15 is 0 Å². The summed E-state index contributed by atoms with van der Waals surface area (Å²) in [7, 11) is 0. The Morgan fingerprint density at radius 2 is 1.74 bits per heavy atom. The molecule has 19 heavy (non-hydrogen) atoms. The van der Waals surface area contributed by atoms with Crippen LogP contribution in [-0.2, 0) is 0 Å². The fraction of sp³-hybridized carbons (Fsp3) is 0.250. The van der Waals surface area contributed by atoms with E-state index in [-0.39, 0.29) is 12.1 Å². The summed E-state index contributed by atoms with van der Waals surface area (Å²) in [5.74, 6) is 0. The van der Waals surface area contributed by atoms with Crippen LogP contribution in [0, 0.1) is 0 Å². The fourth-order valence-electron chi connectivity index (χ4n) is 2.16. The maximum absolute atomic E-state index is 5.90. The standard InChI is InChI=1S/C16H19BrN2/c1-12(13-6-3-2-4-7-13)19-16(11-18)14-8-5-9-15(17)10-14/h2-10,12,16,19H,11,18H2,1H3. The number of nitrogens with one attached hydrogen (secondary N) is 1. The predicted octanol–water partition coefficient (Wildman–Crippen LogP) is 3.80. The SMILES string of the molecule is CC(NC(CN)c1cccc(Br)c1)c1ccccc1. The molecule has 0 heterocycles. The summed E-state index contributed by atoms with van der Waals surface area (Å²) < 4.78 is 1.08. The summed E-state index contributed by atoms with van der Waals surface area (Å²) >= 11 is 3.50. The molecular weight excluding hydrogens is 300 g/mol. The van der Waals surface area contributed by atoms with Crippen molar-refractivity contribution >= 4 is 15.9 Å². The van der Waals surface area contributed by atoms with Crippen molar-refractivity contribution in [2.75, 3.05) is 6.54 Å². The molecule has 0 saturated carbocycles. The minimum atomic E-state index is 0.160. The second kappa shape index (κ2) is 6.85. The lowest BCUT2D eigenvalue weighted by Crippen LogP contribution is -2.30. The average Bonchev–Trinajstić information content (AvgIpc) is 2.45. The molecule has 0 fully saturated rings. The zero-order valence-corrected chi connectivity index (χ0v) is 12.6. The predicted molar refractivity (Wildman–Crippen MR) is 83.9 cm³/mol. The van der Waals surface area contributed by atoms with Gasteiger partial charge in [-0.1, -0.05) is 58.4 Å². The van der Waals surface area contributed by atoms with Gasteiger partial charge in [-0.3, -0.25) is 0 Å². The summed E-state index contributed by atoms with van der Waals surface area (Å²) in [6.07, 6.45) is 0. The molecule has 0 aromatic heterocycles. The third-order valence-corrected chi connectivity index (χ3v) is 3.73. The van der Waals surface area contributed by atoms with Crippen LogP contribution in [0.15, 0.2) is 59.1 Å². The van der Waals surface area contributed by atoms with Crippen molar-refractivity contribution < 1.29 is 0 Å². The molecule has 0 aliphatic heterocycles. The molecule has 0 aliphatic carbocycles. The second-order valence-electron chi connectivity index (χ2n) is 4.64. The molecule has 0 radical (unpaired) electrons. The van der Waals surface area contributed by atoms with Crippen LogP contribution in [0.25, 0.3) is 0 Å². The van der Waals surface area contributed by atoms with E-state index in [2.05, 4.69) is 64.6 Å². The third kappa shape index (κ3) is 3.90. The molecule has 2 aromatic carbocycles. The molecular formula is C16H19BrN2. The molecule has 2 nitrogen and oxygen atoms in total. The molecule has 3 heteroatoms. The molecule has 0 amide bonds. The lowest BCUT2D eigenvalue weighted by atomic mass is 10.0. The molecule has 3 N–H and O–H groups in total. The van der Waals surface area contributed by atoms with Crippen LogP contribution >= 0.6 is 15.9 Å². The number of halogens is 1. The van der Waals surface area contributed by atoms with Gasteiger partial charge in [-0.05, 0) is 30.2 Å². The number of benzene rings is 2. The Bertz CT molecular complexity index is 513. The zero-order chi connectivity index (χ0) is 13.7. The van der Waals surface area contributed by atoms with Crippen LogP contribution in [0.4, 0.5) is 0 Å². The summed E-state index contributed by atoms with van der Waals surface area (Å²) in [6.45, 7) is 2.74. The number of hydrogen-bond acceptors (Lipinski definition) is 2. The van der Waals surface area contributed by atoms with Gasteiger partial charge in [0.2, 0.25) is 0 Å². The van der Waals surface area contributed by atoms with Crippen molar-refractivity contribution in [3.05, 3.63) is 70.2 Å². The van der Waals surface area contributed by atoms with Gasteiger partial charge in [-0.15, -0.1) is 0 Å². The first-order valence-corrected chi connectivity index (χ1v) is 7.26. The second-order valence-corrected chi connectivity index (χ2v) is 5.56. The highest BCUT2D eigenvalue weighted by molar-refractivity contribution is 9.10. The Morgan fingerprint density at radius 3 is 2.37 bits per heavy atom. The summed E-state index contributed by atoms with van der Waals surface area (Å²) in [5.41, 5.74) is 8.39. The van der Waals surface area contributed by atoms with Gasteiger partial charge in [0.1, 0.15) is 0 Å². The first-order chi connectivity index (χ1) is 9.20. The summed E-state index contributed by atoms with van der Waals surface area (Å²) in [4.78, 5) is 0. The first-order valence-electron chi connectivity index (χ1n) is 6.47. The van der Waals surface area contributed by atoms with Gasteiger partial charge in [0.05, 0.1) is 0 Å². The van der Waals surface area contributed by atoms with Crippen LogP contribution < -0.4 is 11.1 Å². The monoisotopic (exact) mass is 318 g/mol. The number of rotatable bonds is 5. The maximum atomic E-state index is 5.90. The Morgan fingerprint density at radius 1 is 1.05 bits per heavy atom. The number of nitrogens with two attached hydrogens (primary N) is 1. The van der Waals surface area contributed by atoms with Crippen LogP contribution in [0.3, 0.4) is 0 Å². The van der Waals surface area contributed by atoms with E-state index in [0.717, 1.165) is 4.47 Å². The highest BCUT2D eigenvalue weighted by Crippen LogP contribution is 2.21. The van der Waals surface area contributed by atoms with E-state index in [1.54, 1.807) is 0 Å². The van der Waals surface area contributed by atoms with E-state index in [1.165, 1.54) is 11.1 Å². The smallest absolute Gasteiger partial charge is 0.0449 e. The largest absolute Gasteiger partial charge is 0.329 e. The van der Waals surface area contributed by atoms with Crippen LogP contribution in [0.2, 0.25) is 0 Å². The number of hydrogen-bond donors (Lipinski definition) is 2. The highest BCUT2D eigenvalue weighted by Gasteiger charge is 2.13. The van der Waals surface area contributed by atoms with Crippen LogP contribution in [0.1, 0.15) is 30.1 Å². The highest BCUT2D eigenvalue weighted by atomic mass is 79.9. The van der Waals surface area contributed by atoms with E-state index < -0.39 is 0 Å². The molecule has 2 aromatic rings. The lowest BCUT2D eigenvalue weighted by Gasteiger charge is -2.23. The minimum Gasteiger partial charge on any atom is -0.329 e. The van der Waals surface area contributed by atoms with Gasteiger partial charge in [-0.2, -0.15) is 0 Å². The van der Waals surface area contributed by atoms with Crippen molar-refractivity contribution in [2.24, 2.45) is 5.73 Å². The zero-order valence-electron chi connectivity index (χ0n) is 11.0. The van der Waals surface area contributed by atoms with Crippen molar-refractivity contribution in [1.29, 1.82) is 0 Å². The normalized spacial score (nSPS) is 14.1. The molecule has 100 valence electrons. The molecule has 2 rings (SSSR count). The van der Waals surface area contributed by atoms with Gasteiger partial charge in [-0.25, -0.2) is 0 Å². The minimum absolute atomic E-state index is 0.160. The van der Waals surface area contributed by atoms with Crippen molar-refractivity contribution in [3.8, 4) is 0 Å². The quantitative estimate of drug-likeness (QED) is 0.880. The Kier molecular flexibility index (Phi) is 5.14. The molecule has 2 unspecified atom stereocenters. The third-order valence-electron chi connectivity index (χ3n) is 3.24. The van der Waals surface area contributed by atoms with Gasteiger partial charge in [0.25, 0.3) is 0 Å². The lowest BCUT2D eigenvalue weighted by molar-refractivity contribution is 0.473. The Labute approximate surface area is 123 Å². The van der Waals surface area contributed by atoms with Crippen LogP contribution in [-0.4, -0.2) is 6.54 Å².